The van der Waals surface area contributed by atoms with Gasteiger partial charge in [0.15, 0.2) is 11.0 Å². The molecule has 1 fully saturated rings. The van der Waals surface area contributed by atoms with Gasteiger partial charge in [-0.1, -0.05) is 11.6 Å². The molecule has 0 unspecified atom stereocenters. The summed E-state index contributed by atoms with van der Waals surface area (Å²) < 4.78 is 0. The van der Waals surface area contributed by atoms with Crippen molar-refractivity contribution >= 4 is 29.8 Å². The molecule has 1 saturated heterocycles. The minimum Gasteiger partial charge on any atom is -0.364 e. The summed E-state index contributed by atoms with van der Waals surface area (Å²) >= 11 is 5.75. The number of nitrogens with one attached hydrogen (secondary N) is 2. The molecule has 90 valence electrons. The van der Waals surface area contributed by atoms with Crippen LogP contribution in [0, 0.1) is 6.92 Å². The number of aryl methyl sites for hydroxylation is 1. The zero-order valence-electron chi connectivity index (χ0n) is 9.16. The highest BCUT2D eigenvalue weighted by atomic mass is 35.5. The average molecular weight is 263 g/mol. The summed E-state index contributed by atoms with van der Waals surface area (Å²) in [6, 6.07) is 2.28. The van der Waals surface area contributed by atoms with E-state index in [0.29, 0.717) is 11.2 Å². The molecule has 1 aromatic heterocycles. The van der Waals surface area contributed by atoms with Gasteiger partial charge in [0.05, 0.1) is 0 Å². The highest BCUT2D eigenvalue weighted by Gasteiger charge is 2.14. The second-order valence-corrected chi connectivity index (χ2v) is 4.27. The number of rotatable bonds is 2. The maximum absolute atomic E-state index is 5.75. The van der Waals surface area contributed by atoms with Gasteiger partial charge in [-0.05, 0) is 37.9 Å². The van der Waals surface area contributed by atoms with Crippen molar-refractivity contribution in [2.45, 2.75) is 25.8 Å². The highest BCUT2D eigenvalue weighted by molar-refractivity contribution is 6.29. The van der Waals surface area contributed by atoms with Gasteiger partial charge in [0.25, 0.3) is 0 Å². The largest absolute Gasteiger partial charge is 0.364 e. The quantitative estimate of drug-likeness (QED) is 0.857. The number of hydrogen-bond donors (Lipinski definition) is 2. The molecule has 1 aromatic rings. The summed E-state index contributed by atoms with van der Waals surface area (Å²) in [7, 11) is 0. The average Bonchev–Trinajstić information content (AvgIpc) is 2.24. The van der Waals surface area contributed by atoms with E-state index in [9.17, 15) is 0 Å². The van der Waals surface area contributed by atoms with Crippen LogP contribution in [0.15, 0.2) is 6.07 Å². The van der Waals surface area contributed by atoms with Crippen molar-refractivity contribution in [3.8, 4) is 0 Å². The smallest absolute Gasteiger partial charge is 0.152 e. The Kier molecular flexibility index (Phi) is 5.25. The normalized spacial score (nSPS) is 20.0. The number of piperidine rings is 1. The predicted molar refractivity (Wildman–Crippen MR) is 68.5 cm³/mol. The van der Waals surface area contributed by atoms with Gasteiger partial charge in [-0.25, -0.2) is 0 Å². The van der Waals surface area contributed by atoms with E-state index in [0.717, 1.165) is 24.5 Å². The molecule has 2 N–H and O–H groups in total. The molecule has 1 aliphatic rings. The number of halogens is 2. The summed E-state index contributed by atoms with van der Waals surface area (Å²) in [5.74, 6) is 0.841. The maximum atomic E-state index is 5.75. The Balaban J connectivity index is 0.00000128. The Labute approximate surface area is 107 Å². The number of anilines is 1. The number of aromatic nitrogens is 2. The summed E-state index contributed by atoms with van der Waals surface area (Å²) in [4.78, 5) is 0. The minimum atomic E-state index is 0. The Morgan fingerprint density at radius 3 is 2.94 bits per heavy atom. The van der Waals surface area contributed by atoms with E-state index in [1.165, 1.54) is 12.8 Å². The Morgan fingerprint density at radius 1 is 1.50 bits per heavy atom. The molecule has 1 aliphatic heterocycles. The molecule has 6 heteroatoms. The molecule has 0 spiro atoms. The molecule has 0 aliphatic carbocycles. The maximum Gasteiger partial charge on any atom is 0.152 e. The van der Waals surface area contributed by atoms with Crippen LogP contribution in [0.4, 0.5) is 5.82 Å². The second-order valence-electron chi connectivity index (χ2n) is 3.89. The zero-order valence-corrected chi connectivity index (χ0v) is 10.7. The second kappa shape index (κ2) is 6.23. The van der Waals surface area contributed by atoms with Gasteiger partial charge in [0, 0.05) is 12.6 Å². The van der Waals surface area contributed by atoms with Gasteiger partial charge in [-0.3, -0.25) is 0 Å². The molecular formula is C10H16Cl2N4. The van der Waals surface area contributed by atoms with Crippen molar-refractivity contribution in [2.75, 3.05) is 18.4 Å². The first kappa shape index (κ1) is 13.5. The zero-order chi connectivity index (χ0) is 10.7. The third-order valence-corrected chi connectivity index (χ3v) is 2.78. The molecule has 0 saturated carbocycles. The van der Waals surface area contributed by atoms with Crippen LogP contribution >= 0.6 is 24.0 Å². The summed E-state index contributed by atoms with van der Waals surface area (Å²) in [5.41, 5.74) is 1.04. The van der Waals surface area contributed by atoms with Crippen LogP contribution in [0.2, 0.25) is 5.15 Å². The lowest BCUT2D eigenvalue weighted by molar-refractivity contribution is 0.478. The predicted octanol–water partition coefficient (Wildman–Crippen LogP) is 2.02. The van der Waals surface area contributed by atoms with Crippen molar-refractivity contribution in [3.63, 3.8) is 0 Å². The van der Waals surface area contributed by atoms with Crippen molar-refractivity contribution in [1.29, 1.82) is 0 Å². The molecule has 0 radical (unpaired) electrons. The van der Waals surface area contributed by atoms with Crippen molar-refractivity contribution in [1.82, 2.24) is 15.5 Å². The van der Waals surface area contributed by atoms with Crippen LogP contribution in [-0.4, -0.2) is 29.3 Å². The van der Waals surface area contributed by atoms with Gasteiger partial charge in [-0.2, -0.15) is 0 Å². The van der Waals surface area contributed by atoms with Crippen molar-refractivity contribution in [2.24, 2.45) is 0 Å². The Hall–Kier alpha value is -0.580. The van der Waals surface area contributed by atoms with Gasteiger partial charge < -0.3 is 10.6 Å². The van der Waals surface area contributed by atoms with E-state index < -0.39 is 0 Å². The van der Waals surface area contributed by atoms with Gasteiger partial charge in [0.2, 0.25) is 0 Å². The molecule has 1 atom stereocenters. The molecule has 2 heterocycles. The SMILES string of the molecule is Cc1cc(Cl)nnc1N[C@@H]1CCCNC1.Cl. The summed E-state index contributed by atoms with van der Waals surface area (Å²) in [6.07, 6.45) is 2.38. The van der Waals surface area contributed by atoms with Crippen LogP contribution in [0.1, 0.15) is 18.4 Å². The van der Waals surface area contributed by atoms with Crippen LogP contribution < -0.4 is 10.6 Å². The molecule has 0 bridgehead atoms. The van der Waals surface area contributed by atoms with E-state index >= 15 is 0 Å². The Bertz CT molecular complexity index is 340. The van der Waals surface area contributed by atoms with Gasteiger partial charge >= 0.3 is 0 Å². The fourth-order valence-corrected chi connectivity index (χ4v) is 1.97. The fourth-order valence-electron chi connectivity index (χ4n) is 1.76. The van der Waals surface area contributed by atoms with E-state index in [1.54, 1.807) is 0 Å². The third-order valence-electron chi connectivity index (χ3n) is 2.59. The molecule has 0 aromatic carbocycles. The summed E-state index contributed by atoms with van der Waals surface area (Å²) in [6.45, 7) is 4.09. The van der Waals surface area contributed by atoms with Gasteiger partial charge in [-0.15, -0.1) is 22.6 Å². The number of hydrogen-bond acceptors (Lipinski definition) is 4. The lowest BCUT2D eigenvalue weighted by Gasteiger charge is -2.24. The Morgan fingerprint density at radius 2 is 2.31 bits per heavy atom. The first-order valence-electron chi connectivity index (χ1n) is 5.23. The first-order valence-corrected chi connectivity index (χ1v) is 5.60. The molecule has 16 heavy (non-hydrogen) atoms. The van der Waals surface area contributed by atoms with E-state index in [4.69, 9.17) is 11.6 Å². The van der Waals surface area contributed by atoms with E-state index in [-0.39, 0.29) is 12.4 Å². The molecule has 4 nitrogen and oxygen atoms in total. The fraction of sp³-hybridized carbons (Fsp3) is 0.600. The van der Waals surface area contributed by atoms with Crippen LogP contribution in [0.3, 0.4) is 0 Å². The number of nitrogens with zero attached hydrogens (tertiary/aromatic N) is 2. The monoisotopic (exact) mass is 262 g/mol. The first-order chi connectivity index (χ1) is 7.25. The standard InChI is InChI=1S/C10H15ClN4.ClH/c1-7-5-9(11)14-15-10(7)13-8-3-2-4-12-6-8;/h5,8,12H,2-4,6H2,1H3,(H,13,15);1H/t8-;/m1./s1. The third kappa shape index (κ3) is 3.47. The lowest BCUT2D eigenvalue weighted by atomic mass is 10.1. The van der Waals surface area contributed by atoms with E-state index in [2.05, 4.69) is 20.8 Å². The van der Waals surface area contributed by atoms with Crippen molar-refractivity contribution in [3.05, 3.63) is 16.8 Å². The van der Waals surface area contributed by atoms with Gasteiger partial charge in [0.1, 0.15) is 0 Å². The summed E-state index contributed by atoms with van der Waals surface area (Å²) in [5, 5.41) is 15.1. The highest BCUT2D eigenvalue weighted by Crippen LogP contribution is 2.16. The van der Waals surface area contributed by atoms with E-state index in [1.807, 2.05) is 13.0 Å². The van der Waals surface area contributed by atoms with Crippen LogP contribution in [0.5, 0.6) is 0 Å². The van der Waals surface area contributed by atoms with Crippen LogP contribution in [0.25, 0.3) is 0 Å². The minimum absolute atomic E-state index is 0. The molecule has 2 rings (SSSR count). The molecular weight excluding hydrogens is 247 g/mol. The lowest BCUT2D eigenvalue weighted by Crippen LogP contribution is -2.38. The molecule has 0 amide bonds. The van der Waals surface area contributed by atoms with Crippen molar-refractivity contribution < 1.29 is 0 Å². The van der Waals surface area contributed by atoms with Crippen LogP contribution in [-0.2, 0) is 0 Å². The topological polar surface area (TPSA) is 49.8 Å².